The number of hydrogen-bond acceptors (Lipinski definition) is 5. The zero-order valence-corrected chi connectivity index (χ0v) is 20.1. The number of carbonyl (C=O) groups excluding carboxylic acids is 1. The van der Waals surface area contributed by atoms with Crippen molar-refractivity contribution in [1.29, 1.82) is 0 Å². The minimum atomic E-state index is -0.557. The highest BCUT2D eigenvalue weighted by atomic mass is 19.1. The molecule has 0 unspecified atom stereocenters. The van der Waals surface area contributed by atoms with E-state index in [1.165, 1.54) is 11.0 Å². The van der Waals surface area contributed by atoms with Gasteiger partial charge in [-0.2, -0.15) is 0 Å². The van der Waals surface area contributed by atoms with E-state index in [9.17, 15) is 14.3 Å². The Morgan fingerprint density at radius 2 is 2.03 bits per heavy atom. The second-order valence-electron chi connectivity index (χ2n) is 8.05. The van der Waals surface area contributed by atoms with Gasteiger partial charge in [-0.25, -0.2) is 9.37 Å². The Hall–Kier alpha value is -3.19. The summed E-state index contributed by atoms with van der Waals surface area (Å²) in [6.45, 7) is 16.4. The molecule has 2 N–H and O–H groups in total. The molecule has 2 heterocycles. The quantitative estimate of drug-likeness (QED) is 0.410. The smallest absolute Gasteiger partial charge is 0.226 e. The lowest BCUT2D eigenvalue weighted by atomic mass is 9.98. The fourth-order valence-electron chi connectivity index (χ4n) is 3.46. The Bertz CT molecular complexity index is 988. The highest BCUT2D eigenvalue weighted by Crippen LogP contribution is 2.29. The lowest BCUT2D eigenvalue weighted by molar-refractivity contribution is -0.128. The minimum absolute atomic E-state index is 0.0860. The van der Waals surface area contributed by atoms with Crippen LogP contribution < -0.4 is 10.2 Å². The largest absolute Gasteiger partial charge is 0.507 e. The average molecular weight is 455 g/mol. The van der Waals surface area contributed by atoms with Gasteiger partial charge in [-0.15, -0.1) is 0 Å². The van der Waals surface area contributed by atoms with Gasteiger partial charge in [0.05, 0.1) is 5.70 Å². The van der Waals surface area contributed by atoms with Crippen molar-refractivity contribution >= 4 is 17.3 Å². The van der Waals surface area contributed by atoms with Crippen LogP contribution >= 0.6 is 0 Å². The summed E-state index contributed by atoms with van der Waals surface area (Å²) < 4.78 is 14.8. The molecule has 0 aromatic carbocycles. The lowest BCUT2D eigenvalue weighted by Crippen LogP contribution is -2.43. The van der Waals surface area contributed by atoms with Gasteiger partial charge in [0.25, 0.3) is 0 Å². The summed E-state index contributed by atoms with van der Waals surface area (Å²) in [6, 6.07) is 3.70. The molecular formula is C26H35FN4O2. The Morgan fingerprint density at radius 3 is 2.64 bits per heavy atom. The van der Waals surface area contributed by atoms with Crippen molar-refractivity contribution in [3.8, 4) is 0 Å². The van der Waals surface area contributed by atoms with Crippen LogP contribution in [0.5, 0.6) is 0 Å². The molecule has 0 aliphatic carbocycles. The highest BCUT2D eigenvalue weighted by molar-refractivity contribution is 5.80. The second-order valence-corrected chi connectivity index (χ2v) is 8.05. The summed E-state index contributed by atoms with van der Waals surface area (Å²) in [5, 5.41) is 14.3. The second kappa shape index (κ2) is 12.2. The Kier molecular flexibility index (Phi) is 9.60. The number of anilines is 1. The highest BCUT2D eigenvalue weighted by Gasteiger charge is 2.17. The summed E-state index contributed by atoms with van der Waals surface area (Å²) in [4.78, 5) is 20.0. The maximum atomic E-state index is 14.8. The number of nitrogens with one attached hydrogen (secondary N) is 1. The first-order valence-corrected chi connectivity index (χ1v) is 11.2. The van der Waals surface area contributed by atoms with Crippen molar-refractivity contribution in [3.63, 3.8) is 0 Å². The van der Waals surface area contributed by atoms with Crippen LogP contribution in [-0.4, -0.2) is 54.1 Å². The molecule has 7 heteroatoms. The average Bonchev–Trinajstić information content (AvgIpc) is 2.83. The molecule has 1 aromatic rings. The van der Waals surface area contributed by atoms with Crippen LogP contribution in [0.1, 0.15) is 39.2 Å². The Labute approximate surface area is 196 Å². The molecule has 6 nitrogen and oxygen atoms in total. The predicted molar refractivity (Wildman–Crippen MR) is 133 cm³/mol. The van der Waals surface area contributed by atoms with Crippen LogP contribution in [0.15, 0.2) is 72.1 Å². The number of allylic oxidation sites excluding steroid dienone is 6. The number of aromatic nitrogens is 1. The molecule has 2 rings (SSSR count). The molecule has 0 atom stereocenters. The van der Waals surface area contributed by atoms with Crippen molar-refractivity contribution in [2.75, 3.05) is 38.1 Å². The molecule has 178 valence electrons. The van der Waals surface area contributed by atoms with Gasteiger partial charge in [0.15, 0.2) is 0 Å². The predicted octanol–water partition coefficient (Wildman–Crippen LogP) is 4.91. The minimum Gasteiger partial charge on any atom is -0.507 e. The fraction of sp³-hybridized carbons (Fsp3) is 0.385. The van der Waals surface area contributed by atoms with Gasteiger partial charge >= 0.3 is 0 Å². The zero-order chi connectivity index (χ0) is 24.5. The number of amides is 1. The monoisotopic (exact) mass is 454 g/mol. The van der Waals surface area contributed by atoms with E-state index in [1.807, 2.05) is 13.0 Å². The Morgan fingerprint density at radius 1 is 1.36 bits per heavy atom. The van der Waals surface area contributed by atoms with Crippen LogP contribution in [0.3, 0.4) is 0 Å². The molecule has 1 saturated heterocycles. The van der Waals surface area contributed by atoms with Gasteiger partial charge < -0.3 is 20.2 Å². The van der Waals surface area contributed by atoms with Gasteiger partial charge in [-0.3, -0.25) is 4.79 Å². The fourth-order valence-corrected chi connectivity index (χ4v) is 3.46. The number of pyridine rings is 1. The molecule has 1 fully saturated rings. The van der Waals surface area contributed by atoms with Gasteiger partial charge in [-0.1, -0.05) is 26.2 Å². The summed E-state index contributed by atoms with van der Waals surface area (Å²) in [7, 11) is 1.55. The molecule has 0 radical (unpaired) electrons. The lowest BCUT2D eigenvalue weighted by Gasteiger charge is -2.28. The van der Waals surface area contributed by atoms with Crippen LogP contribution in [0.25, 0.3) is 5.57 Å². The van der Waals surface area contributed by atoms with E-state index in [-0.39, 0.29) is 22.9 Å². The molecule has 1 aliphatic heterocycles. The third kappa shape index (κ3) is 6.65. The van der Waals surface area contributed by atoms with E-state index in [1.54, 1.807) is 39.2 Å². The van der Waals surface area contributed by atoms with Crippen molar-refractivity contribution < 1.29 is 14.3 Å². The number of halogens is 1. The first-order chi connectivity index (χ1) is 15.7. The standard InChI is InChI=1S/C26H35FN4O2/c1-7-9-25(32)30(6)20(5)23(27)16-18(3)19(4)26(33)22(8-2)21-10-11-29-24(17-21)31-14-12-28-13-15-31/h8,10-11,16-17,28,33H,2,4,7,9,12-15H2,1,3,5-6H3/b18-16+,23-20-,26-22-. The molecule has 33 heavy (non-hydrogen) atoms. The number of aliphatic hydroxyl groups excluding tert-OH is 1. The number of aliphatic hydroxyl groups is 1. The summed E-state index contributed by atoms with van der Waals surface area (Å²) in [5.41, 5.74) is 2.16. The topological polar surface area (TPSA) is 68.7 Å². The van der Waals surface area contributed by atoms with Crippen LogP contribution in [0, 0.1) is 0 Å². The molecule has 1 amide bonds. The molecule has 0 saturated carbocycles. The van der Waals surface area contributed by atoms with E-state index >= 15 is 0 Å². The SMILES string of the molecule is C=C/C(=C(/O)C(=C)/C(C)=C/C(F)=C(\C)N(C)C(=O)CCC)c1ccnc(N2CCNCC2)c1. The number of carbonyl (C=O) groups is 1. The third-order valence-electron chi connectivity index (χ3n) is 5.75. The number of piperazine rings is 1. The van der Waals surface area contributed by atoms with Gasteiger partial charge in [0, 0.05) is 57.0 Å². The molecule has 1 aliphatic rings. The van der Waals surface area contributed by atoms with E-state index < -0.39 is 5.83 Å². The number of nitrogens with zero attached hydrogens (tertiary/aromatic N) is 3. The first-order valence-electron chi connectivity index (χ1n) is 11.2. The molecule has 0 spiro atoms. The third-order valence-corrected chi connectivity index (χ3v) is 5.75. The van der Waals surface area contributed by atoms with Crippen LogP contribution in [-0.2, 0) is 4.79 Å². The maximum Gasteiger partial charge on any atom is 0.226 e. The summed E-state index contributed by atoms with van der Waals surface area (Å²) >= 11 is 0. The van der Waals surface area contributed by atoms with Gasteiger partial charge in [0.1, 0.15) is 17.4 Å². The van der Waals surface area contributed by atoms with Crippen molar-refractivity contribution in [1.82, 2.24) is 15.2 Å². The summed E-state index contributed by atoms with van der Waals surface area (Å²) in [5.74, 6) is 0.0312. The summed E-state index contributed by atoms with van der Waals surface area (Å²) in [6.07, 6.45) is 5.58. The number of hydrogen-bond donors (Lipinski definition) is 2. The molecule has 1 aromatic heterocycles. The van der Waals surface area contributed by atoms with E-state index in [0.717, 1.165) is 37.6 Å². The number of rotatable bonds is 9. The van der Waals surface area contributed by atoms with Crippen molar-refractivity contribution in [3.05, 3.63) is 77.6 Å². The zero-order valence-electron chi connectivity index (χ0n) is 20.1. The molecular weight excluding hydrogens is 419 g/mol. The van der Waals surface area contributed by atoms with Gasteiger partial charge in [-0.05, 0) is 49.6 Å². The van der Waals surface area contributed by atoms with Crippen molar-refractivity contribution in [2.45, 2.75) is 33.6 Å². The van der Waals surface area contributed by atoms with Crippen molar-refractivity contribution in [2.24, 2.45) is 0 Å². The van der Waals surface area contributed by atoms with E-state index in [0.29, 0.717) is 24.0 Å². The normalized spacial score (nSPS) is 16.0. The van der Waals surface area contributed by atoms with Crippen LogP contribution in [0.4, 0.5) is 10.2 Å². The van der Waals surface area contributed by atoms with Gasteiger partial charge in [0.2, 0.25) is 5.91 Å². The van der Waals surface area contributed by atoms with E-state index in [2.05, 4.69) is 28.4 Å². The van der Waals surface area contributed by atoms with Crippen LogP contribution in [0.2, 0.25) is 0 Å². The maximum absolute atomic E-state index is 14.8. The first kappa shape index (κ1) is 26.1. The van der Waals surface area contributed by atoms with E-state index in [4.69, 9.17) is 0 Å². The Balaban J connectivity index is 2.33. The molecule has 0 bridgehead atoms.